The van der Waals surface area contributed by atoms with Gasteiger partial charge in [-0.2, -0.15) is 0 Å². The molecule has 0 aliphatic carbocycles. The van der Waals surface area contributed by atoms with E-state index in [1.54, 1.807) is 6.07 Å². The first kappa shape index (κ1) is 23.4. The van der Waals surface area contributed by atoms with Crippen molar-refractivity contribution >= 4 is 29.9 Å². The van der Waals surface area contributed by atoms with E-state index in [2.05, 4.69) is 20.8 Å². The standard InChI is InChI=1S/C20H29FN4O.HI/c1-5-22-20(23-11-6-7-19-15(3)25-26-16(19)4)24-12-10-17-8-9-18(21)13-14(17)2;/h8-9,13H,5-7,10-12H2,1-4H3,(H2,22,23,24);1H. The van der Waals surface area contributed by atoms with Crippen LogP contribution in [0.25, 0.3) is 0 Å². The molecule has 1 aromatic carbocycles. The van der Waals surface area contributed by atoms with Crippen LogP contribution in [-0.2, 0) is 12.8 Å². The topological polar surface area (TPSA) is 62.5 Å². The Kier molecular flexibility index (Phi) is 10.4. The Morgan fingerprint density at radius 2 is 1.96 bits per heavy atom. The molecule has 2 aromatic rings. The lowest BCUT2D eigenvalue weighted by molar-refractivity contribution is 0.392. The van der Waals surface area contributed by atoms with Crippen LogP contribution < -0.4 is 10.6 Å². The maximum absolute atomic E-state index is 13.2. The Morgan fingerprint density at radius 1 is 1.19 bits per heavy atom. The van der Waals surface area contributed by atoms with Crippen LogP contribution in [0.3, 0.4) is 0 Å². The molecule has 1 heterocycles. The smallest absolute Gasteiger partial charge is 0.191 e. The van der Waals surface area contributed by atoms with Crippen LogP contribution in [0, 0.1) is 26.6 Å². The third-order valence-corrected chi connectivity index (χ3v) is 4.37. The highest BCUT2D eigenvalue weighted by Gasteiger charge is 2.08. The van der Waals surface area contributed by atoms with Gasteiger partial charge in [-0.3, -0.25) is 4.99 Å². The number of aromatic nitrogens is 1. The molecule has 2 rings (SSSR count). The van der Waals surface area contributed by atoms with E-state index in [1.165, 1.54) is 11.6 Å². The Balaban J connectivity index is 0.00000364. The summed E-state index contributed by atoms with van der Waals surface area (Å²) in [6.07, 6.45) is 2.69. The zero-order chi connectivity index (χ0) is 18.9. The molecule has 1 aromatic heterocycles. The lowest BCUT2D eigenvalue weighted by Gasteiger charge is -2.12. The third-order valence-electron chi connectivity index (χ3n) is 4.37. The molecule has 0 amide bonds. The lowest BCUT2D eigenvalue weighted by atomic mass is 10.1. The van der Waals surface area contributed by atoms with Gasteiger partial charge in [0, 0.05) is 25.2 Å². The van der Waals surface area contributed by atoms with Crippen molar-refractivity contribution in [3.63, 3.8) is 0 Å². The minimum atomic E-state index is -0.188. The second-order valence-corrected chi connectivity index (χ2v) is 6.41. The number of rotatable bonds is 8. The predicted octanol–water partition coefficient (Wildman–Crippen LogP) is 4.09. The fraction of sp³-hybridized carbons (Fsp3) is 0.500. The van der Waals surface area contributed by atoms with E-state index in [9.17, 15) is 4.39 Å². The number of nitrogens with one attached hydrogen (secondary N) is 2. The molecule has 7 heteroatoms. The van der Waals surface area contributed by atoms with Crippen molar-refractivity contribution < 1.29 is 8.91 Å². The number of hydrogen-bond acceptors (Lipinski definition) is 3. The Hall–Kier alpha value is -1.64. The molecule has 27 heavy (non-hydrogen) atoms. The number of aliphatic imine (C=N–C) groups is 1. The molecule has 0 aliphatic heterocycles. The van der Waals surface area contributed by atoms with Crippen molar-refractivity contribution in [2.75, 3.05) is 19.6 Å². The first-order chi connectivity index (χ1) is 12.5. The van der Waals surface area contributed by atoms with Crippen molar-refractivity contribution in [3.8, 4) is 0 Å². The van der Waals surface area contributed by atoms with Gasteiger partial charge in [0.05, 0.1) is 5.69 Å². The van der Waals surface area contributed by atoms with Gasteiger partial charge in [-0.25, -0.2) is 4.39 Å². The maximum atomic E-state index is 13.2. The van der Waals surface area contributed by atoms with Gasteiger partial charge >= 0.3 is 0 Å². The van der Waals surface area contributed by atoms with Gasteiger partial charge in [-0.05, 0) is 70.2 Å². The van der Waals surface area contributed by atoms with Gasteiger partial charge < -0.3 is 15.2 Å². The zero-order valence-corrected chi connectivity index (χ0v) is 18.9. The third kappa shape index (κ3) is 7.48. The summed E-state index contributed by atoms with van der Waals surface area (Å²) in [6, 6.07) is 4.93. The van der Waals surface area contributed by atoms with Crippen LogP contribution in [-0.4, -0.2) is 30.8 Å². The Morgan fingerprint density at radius 3 is 2.59 bits per heavy atom. The monoisotopic (exact) mass is 488 g/mol. The first-order valence-corrected chi connectivity index (χ1v) is 9.20. The highest BCUT2D eigenvalue weighted by Crippen LogP contribution is 2.14. The second-order valence-electron chi connectivity index (χ2n) is 6.41. The molecule has 0 saturated carbocycles. The first-order valence-electron chi connectivity index (χ1n) is 9.20. The molecular weight excluding hydrogens is 458 g/mol. The summed E-state index contributed by atoms with van der Waals surface area (Å²) in [5.41, 5.74) is 4.28. The van der Waals surface area contributed by atoms with Crippen LogP contribution >= 0.6 is 24.0 Å². The lowest BCUT2D eigenvalue weighted by Crippen LogP contribution is -2.38. The van der Waals surface area contributed by atoms with Gasteiger partial charge in [0.15, 0.2) is 5.96 Å². The normalized spacial score (nSPS) is 11.2. The number of aryl methyl sites for hydroxylation is 3. The summed E-state index contributed by atoms with van der Waals surface area (Å²) in [7, 11) is 0. The van der Waals surface area contributed by atoms with Gasteiger partial charge in [0.2, 0.25) is 0 Å². The van der Waals surface area contributed by atoms with Crippen molar-refractivity contribution in [3.05, 3.63) is 52.2 Å². The number of hydrogen-bond donors (Lipinski definition) is 2. The summed E-state index contributed by atoms with van der Waals surface area (Å²) in [5.74, 6) is 1.52. The number of halogens is 2. The summed E-state index contributed by atoms with van der Waals surface area (Å²) in [6.45, 7) is 10.2. The fourth-order valence-corrected chi connectivity index (χ4v) is 2.90. The van der Waals surface area contributed by atoms with E-state index in [4.69, 9.17) is 4.52 Å². The highest BCUT2D eigenvalue weighted by atomic mass is 127. The molecule has 0 bridgehead atoms. The number of nitrogens with zero attached hydrogens (tertiary/aromatic N) is 2. The molecule has 0 unspecified atom stereocenters. The van der Waals surface area contributed by atoms with Crippen molar-refractivity contribution in [2.45, 2.75) is 47.0 Å². The molecule has 0 radical (unpaired) electrons. The van der Waals surface area contributed by atoms with Gasteiger partial charge in [0.25, 0.3) is 0 Å². The molecule has 0 fully saturated rings. The quantitative estimate of drug-likeness (QED) is 0.255. The molecule has 150 valence electrons. The minimum absolute atomic E-state index is 0. The van der Waals surface area contributed by atoms with Crippen molar-refractivity contribution in [2.24, 2.45) is 4.99 Å². The average molecular weight is 488 g/mol. The molecule has 0 aliphatic rings. The summed E-state index contributed by atoms with van der Waals surface area (Å²) < 4.78 is 18.4. The zero-order valence-electron chi connectivity index (χ0n) is 16.6. The summed E-state index contributed by atoms with van der Waals surface area (Å²) >= 11 is 0. The average Bonchev–Trinajstić information content (AvgIpc) is 2.92. The SMILES string of the molecule is CCNC(=NCCCc1c(C)noc1C)NCCc1ccc(F)cc1C.I. The fourth-order valence-electron chi connectivity index (χ4n) is 2.90. The van der Waals surface area contributed by atoms with E-state index < -0.39 is 0 Å². The Labute approximate surface area is 178 Å². The largest absolute Gasteiger partial charge is 0.361 e. The Bertz CT molecular complexity index is 726. The van der Waals surface area contributed by atoms with Crippen LogP contribution in [0.15, 0.2) is 27.7 Å². The molecule has 5 nitrogen and oxygen atoms in total. The molecule has 0 spiro atoms. The van der Waals surface area contributed by atoms with Crippen LogP contribution in [0.5, 0.6) is 0 Å². The van der Waals surface area contributed by atoms with Crippen LogP contribution in [0.2, 0.25) is 0 Å². The summed E-state index contributed by atoms with van der Waals surface area (Å²) in [4.78, 5) is 4.62. The molecule has 0 saturated heterocycles. The van der Waals surface area contributed by atoms with E-state index in [-0.39, 0.29) is 29.8 Å². The van der Waals surface area contributed by atoms with Crippen molar-refractivity contribution in [1.29, 1.82) is 0 Å². The maximum Gasteiger partial charge on any atom is 0.191 e. The van der Waals surface area contributed by atoms with E-state index in [0.717, 1.165) is 67.4 Å². The minimum Gasteiger partial charge on any atom is -0.361 e. The number of guanidine groups is 1. The summed E-state index contributed by atoms with van der Waals surface area (Å²) in [5, 5.41) is 10.6. The second kappa shape index (κ2) is 11.9. The van der Waals surface area contributed by atoms with Gasteiger partial charge in [0.1, 0.15) is 11.6 Å². The predicted molar refractivity (Wildman–Crippen MR) is 119 cm³/mol. The molecule has 2 N–H and O–H groups in total. The molecular formula is C20H30FIN4O. The van der Waals surface area contributed by atoms with Crippen LogP contribution in [0.1, 0.15) is 41.5 Å². The van der Waals surface area contributed by atoms with Gasteiger partial charge in [-0.1, -0.05) is 11.2 Å². The van der Waals surface area contributed by atoms with Gasteiger partial charge in [-0.15, -0.1) is 24.0 Å². The van der Waals surface area contributed by atoms with E-state index in [0.29, 0.717) is 0 Å². The molecule has 0 atom stereocenters. The van der Waals surface area contributed by atoms with Crippen molar-refractivity contribution in [1.82, 2.24) is 15.8 Å². The highest BCUT2D eigenvalue weighted by molar-refractivity contribution is 14.0. The van der Waals surface area contributed by atoms with Crippen LogP contribution in [0.4, 0.5) is 4.39 Å². The van der Waals surface area contributed by atoms with E-state index in [1.807, 2.05) is 33.8 Å². The van der Waals surface area contributed by atoms with E-state index >= 15 is 0 Å². The number of benzene rings is 1.